The number of nitrogens with zero attached hydrogens (tertiary/aromatic N) is 2. The number of methoxy groups -OCH3 is 1. The van der Waals surface area contributed by atoms with Crippen LogP contribution in [0.5, 0.6) is 5.75 Å². The maximum Gasteiger partial charge on any atom is 0.264 e. The van der Waals surface area contributed by atoms with Gasteiger partial charge in [0.25, 0.3) is 10.0 Å². The van der Waals surface area contributed by atoms with E-state index >= 15 is 0 Å². The Morgan fingerprint density at radius 2 is 1.50 bits per heavy atom. The molecule has 2 amide bonds. The lowest BCUT2D eigenvalue weighted by Crippen LogP contribution is -2.53. The van der Waals surface area contributed by atoms with E-state index in [1.807, 2.05) is 0 Å². The highest BCUT2D eigenvalue weighted by molar-refractivity contribution is 7.92. The van der Waals surface area contributed by atoms with E-state index in [2.05, 4.69) is 5.32 Å². The summed E-state index contributed by atoms with van der Waals surface area (Å²) in [6.45, 7) is 1.07. The van der Waals surface area contributed by atoms with Crippen molar-refractivity contribution in [2.75, 3.05) is 18.0 Å². The fourth-order valence-corrected chi connectivity index (χ4v) is 6.50. The standard InChI is InChI=1S/C31H35F2N3O5S/c1-3-29(31(38)34-25-6-4-5-7-25)35(20-22-8-10-23(32)11-9-22)30(37)21-36(26-14-12-24(33)13-15-26)42(39,40)28-18-16-27(41-2)17-19-28/h8-19,25,29H,3-7,20-21H2,1-2H3,(H,34,38)/t29-/m1/s1. The van der Waals surface area contributed by atoms with Crippen LogP contribution in [0.2, 0.25) is 0 Å². The summed E-state index contributed by atoms with van der Waals surface area (Å²) in [5.41, 5.74) is 0.647. The van der Waals surface area contributed by atoms with Crippen LogP contribution in [-0.2, 0) is 26.2 Å². The Balaban J connectivity index is 1.70. The molecule has 1 N–H and O–H groups in total. The van der Waals surface area contributed by atoms with Gasteiger partial charge in [0, 0.05) is 12.6 Å². The third kappa shape index (κ3) is 7.44. The fourth-order valence-electron chi connectivity index (χ4n) is 5.08. The first kappa shape index (κ1) is 31.0. The van der Waals surface area contributed by atoms with E-state index in [1.165, 1.54) is 72.7 Å². The first-order valence-electron chi connectivity index (χ1n) is 13.9. The Bertz CT molecular complexity index is 1460. The van der Waals surface area contributed by atoms with E-state index in [1.54, 1.807) is 6.92 Å². The molecular formula is C31H35F2N3O5S. The molecule has 1 aliphatic carbocycles. The minimum Gasteiger partial charge on any atom is -0.497 e. The second kappa shape index (κ2) is 13.8. The average Bonchev–Trinajstić information content (AvgIpc) is 3.50. The van der Waals surface area contributed by atoms with Gasteiger partial charge in [-0.1, -0.05) is 31.9 Å². The molecule has 0 heterocycles. The zero-order valence-electron chi connectivity index (χ0n) is 23.6. The van der Waals surface area contributed by atoms with E-state index in [0.717, 1.165) is 42.1 Å². The van der Waals surface area contributed by atoms with E-state index in [0.29, 0.717) is 11.3 Å². The number of benzene rings is 3. The van der Waals surface area contributed by atoms with Gasteiger partial charge in [-0.2, -0.15) is 0 Å². The molecule has 3 aromatic carbocycles. The third-order valence-corrected chi connectivity index (χ3v) is 9.18. The molecule has 8 nitrogen and oxygen atoms in total. The van der Waals surface area contributed by atoms with Crippen molar-refractivity contribution < 1.29 is 31.5 Å². The van der Waals surface area contributed by atoms with Gasteiger partial charge in [-0.15, -0.1) is 0 Å². The SMILES string of the molecule is CC[C@H](C(=O)NC1CCCC1)N(Cc1ccc(F)cc1)C(=O)CN(c1ccc(F)cc1)S(=O)(=O)c1ccc(OC)cc1. The van der Waals surface area contributed by atoms with Crippen molar-refractivity contribution in [3.05, 3.63) is 90.0 Å². The Hall–Kier alpha value is -3.99. The molecule has 11 heteroatoms. The molecule has 1 saturated carbocycles. The molecule has 1 aliphatic rings. The predicted molar refractivity (Wildman–Crippen MR) is 155 cm³/mol. The van der Waals surface area contributed by atoms with E-state index in [9.17, 15) is 26.8 Å². The Labute approximate surface area is 245 Å². The van der Waals surface area contributed by atoms with Crippen molar-refractivity contribution in [1.82, 2.24) is 10.2 Å². The minimum atomic E-state index is -4.31. The normalized spacial score (nSPS) is 14.3. The monoisotopic (exact) mass is 599 g/mol. The summed E-state index contributed by atoms with van der Waals surface area (Å²) in [7, 11) is -2.86. The second-order valence-electron chi connectivity index (χ2n) is 10.2. The summed E-state index contributed by atoms with van der Waals surface area (Å²) in [5, 5.41) is 3.04. The number of hydrogen-bond donors (Lipinski definition) is 1. The number of carbonyl (C=O) groups is 2. The molecule has 0 spiro atoms. The Kier molecular flexibility index (Phi) is 10.2. The van der Waals surface area contributed by atoms with Crippen LogP contribution in [-0.4, -0.2) is 50.9 Å². The molecule has 42 heavy (non-hydrogen) atoms. The van der Waals surface area contributed by atoms with E-state index in [-0.39, 0.29) is 35.5 Å². The van der Waals surface area contributed by atoms with E-state index < -0.39 is 40.2 Å². The molecule has 1 atom stereocenters. The van der Waals surface area contributed by atoms with Crippen molar-refractivity contribution >= 4 is 27.5 Å². The van der Waals surface area contributed by atoms with Crippen LogP contribution < -0.4 is 14.4 Å². The first-order valence-corrected chi connectivity index (χ1v) is 15.3. The van der Waals surface area contributed by atoms with Crippen LogP contribution >= 0.6 is 0 Å². The largest absolute Gasteiger partial charge is 0.497 e. The number of nitrogens with one attached hydrogen (secondary N) is 1. The molecule has 0 saturated heterocycles. The molecule has 0 bridgehead atoms. The number of anilines is 1. The number of sulfonamides is 1. The number of carbonyl (C=O) groups excluding carboxylic acids is 2. The lowest BCUT2D eigenvalue weighted by Gasteiger charge is -2.33. The van der Waals surface area contributed by atoms with Crippen LogP contribution in [0.4, 0.5) is 14.5 Å². The topological polar surface area (TPSA) is 96.0 Å². The smallest absolute Gasteiger partial charge is 0.264 e. The molecule has 3 aromatic rings. The van der Waals surface area contributed by atoms with Crippen molar-refractivity contribution in [3.63, 3.8) is 0 Å². The molecule has 0 aromatic heterocycles. The van der Waals surface area contributed by atoms with Crippen LogP contribution in [0.3, 0.4) is 0 Å². The Morgan fingerprint density at radius 3 is 2.05 bits per heavy atom. The van der Waals surface area contributed by atoms with E-state index in [4.69, 9.17) is 4.74 Å². The summed E-state index contributed by atoms with van der Waals surface area (Å²) < 4.78 is 61.2. The zero-order chi connectivity index (χ0) is 30.3. The molecule has 0 unspecified atom stereocenters. The first-order chi connectivity index (χ1) is 20.1. The third-order valence-electron chi connectivity index (χ3n) is 7.39. The summed E-state index contributed by atoms with van der Waals surface area (Å²) >= 11 is 0. The van der Waals surface area contributed by atoms with Gasteiger partial charge in [-0.25, -0.2) is 17.2 Å². The summed E-state index contributed by atoms with van der Waals surface area (Å²) in [6.07, 6.45) is 4.00. The fraction of sp³-hybridized carbons (Fsp3) is 0.355. The molecule has 224 valence electrons. The molecular weight excluding hydrogens is 564 g/mol. The van der Waals surface area contributed by atoms with Crippen molar-refractivity contribution in [3.8, 4) is 5.75 Å². The summed E-state index contributed by atoms with van der Waals surface area (Å²) in [4.78, 5) is 28.7. The summed E-state index contributed by atoms with van der Waals surface area (Å²) in [5.74, 6) is -1.54. The number of ether oxygens (including phenoxy) is 1. The zero-order valence-corrected chi connectivity index (χ0v) is 24.4. The number of amides is 2. The number of hydrogen-bond acceptors (Lipinski definition) is 5. The molecule has 1 fully saturated rings. The van der Waals surface area contributed by atoms with Crippen LogP contribution in [0, 0.1) is 11.6 Å². The lowest BCUT2D eigenvalue weighted by molar-refractivity contribution is -0.140. The highest BCUT2D eigenvalue weighted by Crippen LogP contribution is 2.27. The van der Waals surface area contributed by atoms with Gasteiger partial charge in [0.1, 0.15) is 30.0 Å². The van der Waals surface area contributed by atoms with Gasteiger partial charge in [0.2, 0.25) is 11.8 Å². The van der Waals surface area contributed by atoms with Gasteiger partial charge < -0.3 is 15.0 Å². The van der Waals surface area contributed by atoms with Crippen LogP contribution in [0.25, 0.3) is 0 Å². The molecule has 0 radical (unpaired) electrons. The van der Waals surface area contributed by atoms with Crippen LogP contribution in [0.1, 0.15) is 44.6 Å². The van der Waals surface area contributed by atoms with Gasteiger partial charge >= 0.3 is 0 Å². The number of rotatable bonds is 12. The van der Waals surface area contributed by atoms with Crippen molar-refractivity contribution in [1.29, 1.82) is 0 Å². The summed E-state index contributed by atoms with van der Waals surface area (Å²) in [6, 6.07) is 15.1. The lowest BCUT2D eigenvalue weighted by atomic mass is 10.1. The Morgan fingerprint density at radius 1 is 0.929 bits per heavy atom. The second-order valence-corrected chi connectivity index (χ2v) is 12.1. The maximum atomic E-state index is 14.1. The van der Waals surface area contributed by atoms with Gasteiger partial charge in [0.05, 0.1) is 17.7 Å². The van der Waals surface area contributed by atoms with Crippen LogP contribution in [0.15, 0.2) is 77.7 Å². The minimum absolute atomic E-state index is 0.0143. The highest BCUT2D eigenvalue weighted by atomic mass is 32.2. The van der Waals surface area contributed by atoms with Crippen molar-refractivity contribution in [2.24, 2.45) is 0 Å². The molecule has 4 rings (SSSR count). The van der Waals surface area contributed by atoms with Gasteiger partial charge in [-0.05, 0) is 85.5 Å². The van der Waals surface area contributed by atoms with Crippen molar-refractivity contribution in [2.45, 2.75) is 62.6 Å². The number of halogens is 2. The molecule has 0 aliphatic heterocycles. The predicted octanol–water partition coefficient (Wildman–Crippen LogP) is 5.03. The van der Waals surface area contributed by atoms with Gasteiger partial charge in [0.15, 0.2) is 0 Å². The average molecular weight is 600 g/mol. The van der Waals surface area contributed by atoms with Gasteiger partial charge in [-0.3, -0.25) is 13.9 Å². The highest BCUT2D eigenvalue weighted by Gasteiger charge is 2.34. The quantitative estimate of drug-likeness (QED) is 0.315. The maximum absolute atomic E-state index is 14.1.